The number of hydrogen-bond donors (Lipinski definition) is 0. The molecule has 0 unspecified atom stereocenters. The van der Waals surface area contributed by atoms with Gasteiger partial charge in [0.1, 0.15) is 11.5 Å². The van der Waals surface area contributed by atoms with Crippen LogP contribution in [0.4, 0.5) is 5.69 Å². The van der Waals surface area contributed by atoms with Crippen molar-refractivity contribution < 1.29 is 9.34 Å². The summed E-state index contributed by atoms with van der Waals surface area (Å²) >= 11 is 0. The second kappa shape index (κ2) is 4.28. The predicted molar refractivity (Wildman–Crippen MR) is 71.1 cm³/mol. The predicted octanol–water partition coefficient (Wildman–Crippen LogP) is 3.50. The maximum atomic E-state index is 11.0. The molecule has 0 saturated heterocycles. The van der Waals surface area contributed by atoms with Crippen molar-refractivity contribution in [3.63, 3.8) is 0 Å². The number of aromatic nitrogens is 1. The van der Waals surface area contributed by atoms with E-state index in [-0.39, 0.29) is 10.6 Å². The molecule has 0 atom stereocenters. The second-order valence-corrected chi connectivity index (χ2v) is 4.42. The van der Waals surface area contributed by atoms with Crippen molar-refractivity contribution in [3.05, 3.63) is 64.2 Å². The molecular weight excluding hydrogens is 244 g/mol. The molecule has 0 amide bonds. The van der Waals surface area contributed by atoms with Gasteiger partial charge in [-0.25, -0.2) is 0 Å². The van der Waals surface area contributed by atoms with Crippen LogP contribution in [0.5, 0.6) is 0 Å². The summed E-state index contributed by atoms with van der Waals surface area (Å²) in [6.45, 7) is 2.46. The number of furan rings is 1. The molecule has 5 nitrogen and oxygen atoms in total. The maximum Gasteiger partial charge on any atom is 0.278 e. The van der Waals surface area contributed by atoms with E-state index in [0.717, 1.165) is 17.0 Å². The minimum absolute atomic E-state index is 0.131. The van der Waals surface area contributed by atoms with Gasteiger partial charge in [0, 0.05) is 12.3 Å². The molecule has 1 aromatic carbocycles. The number of nitro groups is 1. The Morgan fingerprint density at radius 1 is 1.26 bits per heavy atom. The number of nitro benzene ring substituents is 1. The van der Waals surface area contributed by atoms with E-state index in [2.05, 4.69) is 0 Å². The lowest BCUT2D eigenvalue weighted by Gasteiger charge is -2.02. The van der Waals surface area contributed by atoms with E-state index < -0.39 is 0 Å². The summed E-state index contributed by atoms with van der Waals surface area (Å²) in [4.78, 5) is 10.6. The molecule has 3 aromatic rings. The van der Waals surface area contributed by atoms with E-state index in [9.17, 15) is 10.1 Å². The highest BCUT2D eigenvalue weighted by atomic mass is 16.6. The Bertz CT molecular complexity index is 755. The maximum absolute atomic E-state index is 11.0. The average Bonchev–Trinajstić information content (AvgIpc) is 2.97. The summed E-state index contributed by atoms with van der Waals surface area (Å²) in [6.07, 6.45) is 1.84. The van der Waals surface area contributed by atoms with Crippen molar-refractivity contribution >= 4 is 16.6 Å². The minimum atomic E-state index is -0.357. The number of benzene rings is 1. The molecule has 3 rings (SSSR count). The van der Waals surface area contributed by atoms with Gasteiger partial charge < -0.3 is 8.98 Å². The third kappa shape index (κ3) is 1.99. The number of non-ortho nitro benzene ring substituents is 1. The van der Waals surface area contributed by atoms with Crippen LogP contribution in [0.1, 0.15) is 11.5 Å². The Labute approximate surface area is 109 Å². The molecule has 2 aromatic heterocycles. The van der Waals surface area contributed by atoms with Crippen LogP contribution in [0.25, 0.3) is 10.9 Å². The van der Waals surface area contributed by atoms with Gasteiger partial charge in [0.15, 0.2) is 0 Å². The largest absolute Gasteiger partial charge is 0.464 e. The molecule has 0 aliphatic rings. The lowest BCUT2D eigenvalue weighted by atomic mass is 10.2. The number of nitrogens with zero attached hydrogens (tertiary/aromatic N) is 2. The first kappa shape index (κ1) is 11.5. The van der Waals surface area contributed by atoms with E-state index in [4.69, 9.17) is 4.42 Å². The number of fused-ring (bicyclic) bond motifs is 1. The highest BCUT2D eigenvalue weighted by molar-refractivity contribution is 5.89. The first-order valence-electron chi connectivity index (χ1n) is 5.93. The SMILES string of the molecule is Cc1ccc(Cn2ccc3c([N+](=O)[O-])cccc32)o1. The van der Waals surface area contributed by atoms with Gasteiger partial charge in [-0.05, 0) is 31.2 Å². The Hall–Kier alpha value is -2.56. The van der Waals surface area contributed by atoms with Gasteiger partial charge in [0.2, 0.25) is 0 Å². The summed E-state index contributed by atoms with van der Waals surface area (Å²) in [7, 11) is 0. The molecule has 0 fully saturated rings. The zero-order chi connectivity index (χ0) is 13.4. The van der Waals surface area contributed by atoms with Crippen LogP contribution in [0.2, 0.25) is 0 Å². The van der Waals surface area contributed by atoms with Crippen molar-refractivity contribution in [3.8, 4) is 0 Å². The summed E-state index contributed by atoms with van der Waals surface area (Å²) in [6, 6.07) is 10.7. The Balaban J connectivity index is 2.06. The summed E-state index contributed by atoms with van der Waals surface area (Å²) in [5, 5.41) is 11.6. The van der Waals surface area contributed by atoms with Crippen LogP contribution in [-0.2, 0) is 6.54 Å². The monoisotopic (exact) mass is 256 g/mol. The zero-order valence-electron chi connectivity index (χ0n) is 10.4. The van der Waals surface area contributed by atoms with Gasteiger partial charge in [-0.1, -0.05) is 6.07 Å². The molecular formula is C14H12N2O3. The Kier molecular flexibility index (Phi) is 2.59. The first-order valence-corrected chi connectivity index (χ1v) is 5.93. The molecule has 0 aliphatic heterocycles. The van der Waals surface area contributed by atoms with Crippen molar-refractivity contribution in [2.45, 2.75) is 13.5 Å². The smallest absolute Gasteiger partial charge is 0.278 e. The topological polar surface area (TPSA) is 61.2 Å². The lowest BCUT2D eigenvalue weighted by Crippen LogP contribution is -1.96. The van der Waals surface area contributed by atoms with E-state index in [0.29, 0.717) is 11.9 Å². The molecule has 0 aliphatic carbocycles. The molecule has 19 heavy (non-hydrogen) atoms. The molecule has 0 saturated carbocycles. The van der Waals surface area contributed by atoms with E-state index in [1.165, 1.54) is 6.07 Å². The van der Waals surface area contributed by atoms with E-state index >= 15 is 0 Å². The summed E-state index contributed by atoms with van der Waals surface area (Å²) < 4.78 is 7.47. The minimum Gasteiger partial charge on any atom is -0.464 e. The lowest BCUT2D eigenvalue weighted by molar-refractivity contribution is -0.383. The van der Waals surface area contributed by atoms with Crippen LogP contribution in [0, 0.1) is 17.0 Å². The quantitative estimate of drug-likeness (QED) is 0.532. The zero-order valence-corrected chi connectivity index (χ0v) is 10.4. The molecule has 96 valence electrons. The van der Waals surface area contributed by atoms with Crippen molar-refractivity contribution in [2.24, 2.45) is 0 Å². The fourth-order valence-corrected chi connectivity index (χ4v) is 2.24. The average molecular weight is 256 g/mol. The fraction of sp³-hybridized carbons (Fsp3) is 0.143. The third-order valence-corrected chi connectivity index (χ3v) is 3.11. The van der Waals surface area contributed by atoms with Gasteiger partial charge >= 0.3 is 0 Å². The van der Waals surface area contributed by atoms with Crippen LogP contribution >= 0.6 is 0 Å². The molecule has 5 heteroatoms. The van der Waals surface area contributed by atoms with Crippen molar-refractivity contribution in [2.75, 3.05) is 0 Å². The van der Waals surface area contributed by atoms with E-state index in [1.54, 1.807) is 12.1 Å². The standard InChI is InChI=1S/C14H12N2O3/c1-10-5-6-11(19-10)9-15-8-7-12-13(15)3-2-4-14(12)16(17)18/h2-8H,9H2,1H3. The number of hydrogen-bond acceptors (Lipinski definition) is 3. The molecule has 0 bridgehead atoms. The van der Waals surface area contributed by atoms with Crippen LogP contribution < -0.4 is 0 Å². The van der Waals surface area contributed by atoms with Gasteiger partial charge in [-0.2, -0.15) is 0 Å². The first-order chi connectivity index (χ1) is 9.15. The fourth-order valence-electron chi connectivity index (χ4n) is 2.24. The van der Waals surface area contributed by atoms with Gasteiger partial charge in [-0.3, -0.25) is 10.1 Å². The molecule has 0 radical (unpaired) electrons. The normalized spacial score (nSPS) is 11.0. The number of rotatable bonds is 3. The Morgan fingerprint density at radius 2 is 2.11 bits per heavy atom. The summed E-state index contributed by atoms with van der Waals surface area (Å²) in [5.74, 6) is 1.69. The van der Waals surface area contributed by atoms with Gasteiger partial charge in [0.25, 0.3) is 5.69 Å². The third-order valence-electron chi connectivity index (χ3n) is 3.11. The highest BCUT2D eigenvalue weighted by Gasteiger charge is 2.14. The van der Waals surface area contributed by atoms with Crippen LogP contribution in [-0.4, -0.2) is 9.49 Å². The summed E-state index contributed by atoms with van der Waals surface area (Å²) in [5.41, 5.74) is 0.968. The van der Waals surface area contributed by atoms with E-state index in [1.807, 2.05) is 35.9 Å². The molecule has 0 spiro atoms. The van der Waals surface area contributed by atoms with Crippen molar-refractivity contribution in [1.29, 1.82) is 0 Å². The molecule has 0 N–H and O–H groups in total. The molecule has 2 heterocycles. The van der Waals surface area contributed by atoms with Crippen molar-refractivity contribution in [1.82, 2.24) is 4.57 Å². The second-order valence-electron chi connectivity index (χ2n) is 4.42. The van der Waals surface area contributed by atoms with Gasteiger partial charge in [-0.15, -0.1) is 0 Å². The highest BCUT2D eigenvalue weighted by Crippen LogP contribution is 2.26. The number of aryl methyl sites for hydroxylation is 1. The van der Waals surface area contributed by atoms with Crippen LogP contribution in [0.3, 0.4) is 0 Å². The van der Waals surface area contributed by atoms with Gasteiger partial charge in [0.05, 0.1) is 22.4 Å². The Morgan fingerprint density at radius 3 is 2.79 bits per heavy atom. The van der Waals surface area contributed by atoms with Crippen LogP contribution in [0.15, 0.2) is 47.0 Å².